The predicted molar refractivity (Wildman–Crippen MR) is 107 cm³/mol. The Morgan fingerprint density at radius 1 is 1.00 bits per heavy atom. The highest BCUT2D eigenvalue weighted by Crippen LogP contribution is 2.13. The molecule has 0 aromatic heterocycles. The summed E-state index contributed by atoms with van der Waals surface area (Å²) in [5, 5.41) is 15.9. The first-order valence-corrected chi connectivity index (χ1v) is 9.61. The van der Waals surface area contributed by atoms with E-state index in [0.717, 1.165) is 62.2 Å². The molecule has 3 rings (SSSR count). The third-order valence-electron chi connectivity index (χ3n) is 5.07. The molecule has 0 saturated carbocycles. The third-order valence-corrected chi connectivity index (χ3v) is 5.07. The van der Waals surface area contributed by atoms with E-state index in [0.29, 0.717) is 0 Å². The minimum atomic E-state index is 0.0145. The molecule has 0 spiro atoms. The molecule has 1 aliphatic rings. The number of carbonyl (C=O) groups is 1. The van der Waals surface area contributed by atoms with E-state index < -0.39 is 0 Å². The topological polar surface area (TPSA) is 64.9 Å². The van der Waals surface area contributed by atoms with Gasteiger partial charge in [-0.1, -0.05) is 53.7 Å². The normalized spacial score (nSPS) is 16.2. The van der Waals surface area contributed by atoms with Gasteiger partial charge in [0.05, 0.1) is 5.71 Å². The van der Waals surface area contributed by atoms with Crippen molar-refractivity contribution in [3.8, 4) is 0 Å². The van der Waals surface area contributed by atoms with Crippen molar-refractivity contribution in [2.75, 3.05) is 19.6 Å². The first kappa shape index (κ1) is 19.1. The maximum Gasteiger partial charge on any atom is 0.251 e. The fourth-order valence-corrected chi connectivity index (χ4v) is 3.51. The zero-order valence-corrected chi connectivity index (χ0v) is 15.6. The summed E-state index contributed by atoms with van der Waals surface area (Å²) >= 11 is 0. The molecule has 0 aliphatic carbocycles. The van der Waals surface area contributed by atoms with E-state index in [4.69, 9.17) is 0 Å². The molecule has 1 fully saturated rings. The first-order chi connectivity index (χ1) is 13.3. The number of benzene rings is 2. The molecule has 2 aromatic rings. The molecule has 142 valence electrons. The molecule has 1 aliphatic heterocycles. The Hall–Kier alpha value is -2.66. The SMILES string of the molecule is O=C(NC1CCN(CCCC(=NO)c2ccccc2)CC1)c1ccccc1. The van der Waals surface area contributed by atoms with Crippen LogP contribution in [0.4, 0.5) is 0 Å². The van der Waals surface area contributed by atoms with Gasteiger partial charge < -0.3 is 15.4 Å². The Balaban J connectivity index is 1.38. The summed E-state index contributed by atoms with van der Waals surface area (Å²) in [5.41, 5.74) is 2.43. The van der Waals surface area contributed by atoms with Crippen LogP contribution >= 0.6 is 0 Å². The minimum absolute atomic E-state index is 0.0145. The molecule has 1 heterocycles. The van der Waals surface area contributed by atoms with Gasteiger partial charge in [-0.05, 0) is 49.9 Å². The highest BCUT2D eigenvalue weighted by molar-refractivity contribution is 6.00. The van der Waals surface area contributed by atoms with Gasteiger partial charge in [0.2, 0.25) is 0 Å². The summed E-state index contributed by atoms with van der Waals surface area (Å²) in [6, 6.07) is 19.4. The van der Waals surface area contributed by atoms with Crippen molar-refractivity contribution in [1.29, 1.82) is 0 Å². The summed E-state index contributed by atoms with van der Waals surface area (Å²) in [6.07, 6.45) is 3.65. The molecular formula is C22H27N3O2. The number of carbonyl (C=O) groups excluding carboxylic acids is 1. The fraction of sp³-hybridized carbons (Fsp3) is 0.364. The van der Waals surface area contributed by atoms with Crippen LogP contribution in [0.2, 0.25) is 0 Å². The molecular weight excluding hydrogens is 338 g/mol. The van der Waals surface area contributed by atoms with Gasteiger partial charge in [0, 0.05) is 24.7 Å². The maximum atomic E-state index is 12.2. The average Bonchev–Trinajstić information content (AvgIpc) is 2.73. The number of rotatable bonds is 7. The number of likely N-dealkylation sites (tertiary alicyclic amines) is 1. The molecule has 0 bridgehead atoms. The Morgan fingerprint density at radius 2 is 1.59 bits per heavy atom. The lowest BCUT2D eigenvalue weighted by molar-refractivity contribution is 0.0911. The van der Waals surface area contributed by atoms with Crippen molar-refractivity contribution in [2.45, 2.75) is 31.7 Å². The molecule has 2 aromatic carbocycles. The number of amides is 1. The van der Waals surface area contributed by atoms with E-state index in [-0.39, 0.29) is 11.9 Å². The number of hydrogen-bond acceptors (Lipinski definition) is 4. The summed E-state index contributed by atoms with van der Waals surface area (Å²) in [6.45, 7) is 2.94. The quantitative estimate of drug-likeness (QED) is 0.448. The van der Waals surface area contributed by atoms with Crippen molar-refractivity contribution in [1.82, 2.24) is 10.2 Å². The highest BCUT2D eigenvalue weighted by Gasteiger charge is 2.21. The number of hydrogen-bond donors (Lipinski definition) is 2. The maximum absolute atomic E-state index is 12.2. The molecule has 5 heteroatoms. The smallest absolute Gasteiger partial charge is 0.251 e. The van der Waals surface area contributed by atoms with Crippen molar-refractivity contribution in [3.05, 3.63) is 71.8 Å². The highest BCUT2D eigenvalue weighted by atomic mass is 16.4. The lowest BCUT2D eigenvalue weighted by atomic mass is 10.0. The van der Waals surface area contributed by atoms with Crippen LogP contribution < -0.4 is 5.32 Å². The van der Waals surface area contributed by atoms with Crippen LogP contribution in [0.5, 0.6) is 0 Å². The van der Waals surface area contributed by atoms with Crippen LogP contribution in [-0.2, 0) is 0 Å². The van der Waals surface area contributed by atoms with Gasteiger partial charge in [0.25, 0.3) is 5.91 Å². The van der Waals surface area contributed by atoms with E-state index >= 15 is 0 Å². The largest absolute Gasteiger partial charge is 0.411 e. The molecule has 1 amide bonds. The van der Waals surface area contributed by atoms with Crippen LogP contribution in [0, 0.1) is 0 Å². The lowest BCUT2D eigenvalue weighted by Crippen LogP contribution is -2.44. The van der Waals surface area contributed by atoms with Gasteiger partial charge in [0.1, 0.15) is 0 Å². The van der Waals surface area contributed by atoms with Crippen LogP contribution in [0.1, 0.15) is 41.6 Å². The van der Waals surface area contributed by atoms with E-state index in [1.807, 2.05) is 60.7 Å². The van der Waals surface area contributed by atoms with Crippen molar-refractivity contribution < 1.29 is 10.0 Å². The lowest BCUT2D eigenvalue weighted by Gasteiger charge is -2.32. The van der Waals surface area contributed by atoms with Crippen LogP contribution in [0.15, 0.2) is 65.8 Å². The van der Waals surface area contributed by atoms with Gasteiger partial charge in [-0.2, -0.15) is 0 Å². The second-order valence-electron chi connectivity index (χ2n) is 6.97. The number of nitrogens with zero attached hydrogens (tertiary/aromatic N) is 2. The molecule has 27 heavy (non-hydrogen) atoms. The van der Waals surface area contributed by atoms with E-state index in [1.54, 1.807) is 0 Å². The van der Waals surface area contributed by atoms with Crippen LogP contribution in [0.3, 0.4) is 0 Å². The molecule has 0 unspecified atom stereocenters. The Bertz CT molecular complexity index is 739. The number of piperidine rings is 1. The fourth-order valence-electron chi connectivity index (χ4n) is 3.51. The van der Waals surface area contributed by atoms with Crippen LogP contribution in [-0.4, -0.2) is 47.4 Å². The Morgan fingerprint density at radius 3 is 2.19 bits per heavy atom. The molecule has 0 radical (unpaired) electrons. The van der Waals surface area contributed by atoms with E-state index in [9.17, 15) is 10.0 Å². The number of nitrogens with one attached hydrogen (secondary N) is 1. The second-order valence-corrected chi connectivity index (χ2v) is 6.97. The molecule has 0 atom stereocenters. The van der Waals surface area contributed by atoms with E-state index in [1.165, 1.54) is 0 Å². The summed E-state index contributed by atoms with van der Waals surface area (Å²) in [5.74, 6) is 0.0145. The van der Waals surface area contributed by atoms with Gasteiger partial charge in [-0.25, -0.2) is 0 Å². The average molecular weight is 365 g/mol. The van der Waals surface area contributed by atoms with Gasteiger partial charge in [-0.15, -0.1) is 0 Å². The van der Waals surface area contributed by atoms with E-state index in [2.05, 4.69) is 15.4 Å². The Kier molecular flexibility index (Phi) is 6.99. The summed E-state index contributed by atoms with van der Waals surface area (Å²) in [4.78, 5) is 14.7. The Labute approximate surface area is 160 Å². The molecule has 1 saturated heterocycles. The second kappa shape index (κ2) is 9.88. The first-order valence-electron chi connectivity index (χ1n) is 9.61. The standard InChI is InChI=1S/C22H27N3O2/c26-22(19-10-5-2-6-11-19)23-20-13-16-25(17-14-20)15-7-12-21(24-27)18-8-3-1-4-9-18/h1-6,8-11,20,27H,7,12-17H2,(H,23,26). The van der Waals surface area contributed by atoms with Crippen LogP contribution in [0.25, 0.3) is 0 Å². The zero-order chi connectivity index (χ0) is 18.9. The van der Waals surface area contributed by atoms with Crippen molar-refractivity contribution >= 4 is 11.6 Å². The van der Waals surface area contributed by atoms with Crippen molar-refractivity contribution in [2.24, 2.45) is 5.16 Å². The summed E-state index contributed by atoms with van der Waals surface area (Å²) < 4.78 is 0. The zero-order valence-electron chi connectivity index (χ0n) is 15.6. The van der Waals surface area contributed by atoms with Gasteiger partial charge in [-0.3, -0.25) is 4.79 Å². The third kappa shape index (κ3) is 5.66. The predicted octanol–water partition coefficient (Wildman–Crippen LogP) is 3.54. The van der Waals surface area contributed by atoms with Crippen molar-refractivity contribution in [3.63, 3.8) is 0 Å². The molecule has 5 nitrogen and oxygen atoms in total. The van der Waals surface area contributed by atoms with Gasteiger partial charge in [0.15, 0.2) is 0 Å². The number of oxime groups is 1. The van der Waals surface area contributed by atoms with Gasteiger partial charge >= 0.3 is 0 Å². The monoisotopic (exact) mass is 365 g/mol. The minimum Gasteiger partial charge on any atom is -0.411 e. The molecule has 2 N–H and O–H groups in total. The summed E-state index contributed by atoms with van der Waals surface area (Å²) in [7, 11) is 0.